The zero-order valence-electron chi connectivity index (χ0n) is 12.9. The molecule has 0 spiro atoms. The van der Waals surface area contributed by atoms with Crippen molar-refractivity contribution in [2.45, 2.75) is 18.7 Å². The Balaban J connectivity index is 2.43. The molecule has 0 aliphatic carbocycles. The highest BCUT2D eigenvalue weighted by Gasteiger charge is 2.20. The largest absolute Gasteiger partial charge is 0.494 e. The van der Waals surface area contributed by atoms with E-state index in [9.17, 15) is 18.5 Å². The van der Waals surface area contributed by atoms with Crippen molar-refractivity contribution in [2.75, 3.05) is 11.8 Å². The van der Waals surface area contributed by atoms with Crippen LogP contribution in [0.15, 0.2) is 41.3 Å². The average molecular weight is 336 g/mol. The molecule has 7 nitrogen and oxygen atoms in total. The molecule has 0 unspecified atom stereocenters. The first-order chi connectivity index (χ1) is 10.7. The van der Waals surface area contributed by atoms with Crippen LogP contribution in [-0.2, 0) is 10.0 Å². The number of hydrogen-bond acceptors (Lipinski definition) is 5. The maximum Gasteiger partial charge on any atom is 0.273 e. The predicted octanol–water partition coefficient (Wildman–Crippen LogP) is 3.02. The molecule has 0 bridgehead atoms. The van der Waals surface area contributed by atoms with Gasteiger partial charge in [-0.2, -0.15) is 0 Å². The van der Waals surface area contributed by atoms with Crippen LogP contribution in [0.25, 0.3) is 0 Å². The molecule has 0 atom stereocenters. The van der Waals surface area contributed by atoms with Crippen LogP contribution in [0.5, 0.6) is 5.75 Å². The number of nitrogens with one attached hydrogen (secondary N) is 1. The first-order valence-electron chi connectivity index (χ1n) is 6.67. The third kappa shape index (κ3) is 3.59. The van der Waals surface area contributed by atoms with E-state index < -0.39 is 14.9 Å². The lowest BCUT2D eigenvalue weighted by molar-refractivity contribution is -0.384. The third-order valence-electron chi connectivity index (χ3n) is 3.26. The molecule has 0 aliphatic rings. The van der Waals surface area contributed by atoms with Gasteiger partial charge in [-0.15, -0.1) is 0 Å². The molecule has 2 aromatic rings. The number of hydrogen-bond donors (Lipinski definition) is 1. The Labute approximate surface area is 134 Å². The van der Waals surface area contributed by atoms with Crippen molar-refractivity contribution in [1.82, 2.24) is 0 Å². The van der Waals surface area contributed by atoms with Crippen molar-refractivity contribution in [3.05, 3.63) is 57.6 Å². The van der Waals surface area contributed by atoms with Crippen LogP contribution < -0.4 is 9.46 Å². The fourth-order valence-electron chi connectivity index (χ4n) is 2.18. The van der Waals surface area contributed by atoms with Gasteiger partial charge in [0.25, 0.3) is 15.7 Å². The minimum absolute atomic E-state index is 0.0764. The third-order valence-corrected chi connectivity index (χ3v) is 4.79. The van der Waals surface area contributed by atoms with E-state index in [0.717, 1.165) is 5.56 Å². The highest BCUT2D eigenvalue weighted by atomic mass is 32.2. The molecule has 0 radical (unpaired) electrons. The van der Waals surface area contributed by atoms with E-state index in [0.29, 0.717) is 5.56 Å². The molecule has 0 saturated carbocycles. The van der Waals surface area contributed by atoms with Gasteiger partial charge in [0.2, 0.25) is 0 Å². The number of nitro groups is 1. The molecule has 0 saturated heterocycles. The summed E-state index contributed by atoms with van der Waals surface area (Å²) in [6.45, 7) is 3.57. The zero-order chi connectivity index (χ0) is 17.2. The van der Waals surface area contributed by atoms with Crippen LogP contribution in [0.4, 0.5) is 11.4 Å². The quantitative estimate of drug-likeness (QED) is 0.668. The van der Waals surface area contributed by atoms with Crippen molar-refractivity contribution < 1.29 is 18.1 Å². The Morgan fingerprint density at radius 1 is 1.13 bits per heavy atom. The van der Waals surface area contributed by atoms with Crippen LogP contribution in [0.1, 0.15) is 11.1 Å². The lowest BCUT2D eigenvalue weighted by Gasteiger charge is -2.13. The van der Waals surface area contributed by atoms with E-state index >= 15 is 0 Å². The van der Waals surface area contributed by atoms with Gasteiger partial charge in [-0.25, -0.2) is 8.42 Å². The molecule has 0 aromatic heterocycles. The topological polar surface area (TPSA) is 98.5 Å². The smallest absolute Gasteiger partial charge is 0.273 e. The summed E-state index contributed by atoms with van der Waals surface area (Å²) in [5, 5.41) is 10.8. The number of sulfonamides is 1. The molecule has 1 N–H and O–H groups in total. The molecule has 23 heavy (non-hydrogen) atoms. The van der Waals surface area contributed by atoms with Crippen molar-refractivity contribution in [2.24, 2.45) is 0 Å². The van der Waals surface area contributed by atoms with Crippen molar-refractivity contribution in [3.63, 3.8) is 0 Å². The molecule has 0 aliphatic heterocycles. The summed E-state index contributed by atoms with van der Waals surface area (Å²) < 4.78 is 32.5. The second kappa shape index (κ2) is 6.25. The summed E-state index contributed by atoms with van der Waals surface area (Å²) in [6.07, 6.45) is 0. The Morgan fingerprint density at radius 3 is 2.39 bits per heavy atom. The maximum absolute atomic E-state index is 12.5. The molecule has 0 heterocycles. The normalized spacial score (nSPS) is 11.1. The molecule has 2 aromatic carbocycles. The number of ether oxygens (including phenoxy) is 1. The van der Waals surface area contributed by atoms with Crippen LogP contribution in [0, 0.1) is 24.0 Å². The summed E-state index contributed by atoms with van der Waals surface area (Å²) in [6, 6.07) is 8.67. The lowest BCUT2D eigenvalue weighted by Crippen LogP contribution is -2.15. The van der Waals surface area contributed by atoms with Gasteiger partial charge < -0.3 is 4.74 Å². The number of nitro benzene ring substituents is 1. The molecular formula is C15H16N2O5S. The minimum Gasteiger partial charge on any atom is -0.494 e. The number of benzene rings is 2. The van der Waals surface area contributed by atoms with Crippen LogP contribution in [-0.4, -0.2) is 20.5 Å². The first-order valence-corrected chi connectivity index (χ1v) is 8.15. The average Bonchev–Trinajstić information content (AvgIpc) is 2.46. The van der Waals surface area contributed by atoms with E-state index in [1.54, 1.807) is 19.1 Å². The van der Waals surface area contributed by atoms with E-state index in [4.69, 9.17) is 4.74 Å². The Morgan fingerprint density at radius 2 is 1.83 bits per heavy atom. The van der Waals surface area contributed by atoms with Gasteiger partial charge in [-0.05, 0) is 31.5 Å². The van der Waals surface area contributed by atoms with E-state index in [2.05, 4.69) is 4.72 Å². The summed E-state index contributed by atoms with van der Waals surface area (Å²) in [5.41, 5.74) is 1.52. The predicted molar refractivity (Wildman–Crippen MR) is 86.4 cm³/mol. The standard InChI is InChI=1S/C15H16N2O5S/c1-10-4-7-15(11(2)8-10)23(20,21)16-13-6-5-12(17(18)19)9-14(13)22-3/h4-9,16H,1-3H3. The monoisotopic (exact) mass is 336 g/mol. The van der Waals surface area contributed by atoms with Crippen molar-refractivity contribution >= 4 is 21.4 Å². The molecular weight excluding hydrogens is 320 g/mol. The molecule has 122 valence electrons. The van der Waals surface area contributed by atoms with E-state index in [1.165, 1.54) is 31.4 Å². The first kappa shape index (κ1) is 16.8. The molecule has 0 fully saturated rings. The second-order valence-corrected chi connectivity index (χ2v) is 6.67. The number of methoxy groups -OCH3 is 1. The van der Waals surface area contributed by atoms with Gasteiger partial charge >= 0.3 is 0 Å². The summed E-state index contributed by atoms with van der Waals surface area (Å²) in [5.74, 6) is 0.0764. The van der Waals surface area contributed by atoms with Gasteiger partial charge in [0.1, 0.15) is 5.75 Å². The number of rotatable bonds is 5. The number of aryl methyl sites for hydroxylation is 2. The van der Waals surface area contributed by atoms with Gasteiger partial charge in [-0.3, -0.25) is 14.8 Å². The molecule has 2 rings (SSSR count). The van der Waals surface area contributed by atoms with Crippen LogP contribution in [0.3, 0.4) is 0 Å². The second-order valence-electron chi connectivity index (χ2n) is 5.02. The van der Waals surface area contributed by atoms with Gasteiger partial charge in [0.05, 0.1) is 28.7 Å². The molecule has 8 heteroatoms. The van der Waals surface area contributed by atoms with E-state index in [-0.39, 0.29) is 22.0 Å². The fraction of sp³-hybridized carbons (Fsp3) is 0.200. The molecule has 0 amide bonds. The minimum atomic E-state index is -3.83. The summed E-state index contributed by atoms with van der Waals surface area (Å²) in [7, 11) is -2.51. The van der Waals surface area contributed by atoms with Crippen molar-refractivity contribution in [3.8, 4) is 5.75 Å². The Hall–Kier alpha value is -2.61. The van der Waals surface area contributed by atoms with Gasteiger partial charge in [0, 0.05) is 6.07 Å². The van der Waals surface area contributed by atoms with Crippen molar-refractivity contribution in [1.29, 1.82) is 0 Å². The number of non-ortho nitro benzene ring substituents is 1. The summed E-state index contributed by atoms with van der Waals surface area (Å²) in [4.78, 5) is 10.3. The lowest BCUT2D eigenvalue weighted by atomic mass is 10.2. The fourth-order valence-corrected chi connectivity index (χ4v) is 3.48. The number of anilines is 1. The maximum atomic E-state index is 12.5. The van der Waals surface area contributed by atoms with Gasteiger partial charge in [-0.1, -0.05) is 17.7 Å². The van der Waals surface area contributed by atoms with Crippen LogP contribution >= 0.6 is 0 Å². The number of nitrogens with zero attached hydrogens (tertiary/aromatic N) is 1. The zero-order valence-corrected chi connectivity index (χ0v) is 13.7. The SMILES string of the molecule is COc1cc([N+](=O)[O-])ccc1NS(=O)(=O)c1ccc(C)cc1C. The highest BCUT2D eigenvalue weighted by molar-refractivity contribution is 7.92. The highest BCUT2D eigenvalue weighted by Crippen LogP contribution is 2.31. The Bertz CT molecular complexity index is 862. The van der Waals surface area contributed by atoms with E-state index in [1.807, 2.05) is 6.92 Å². The van der Waals surface area contributed by atoms with Crippen LogP contribution in [0.2, 0.25) is 0 Å². The summed E-state index contributed by atoms with van der Waals surface area (Å²) >= 11 is 0. The van der Waals surface area contributed by atoms with Gasteiger partial charge in [0.15, 0.2) is 0 Å². The Kier molecular flexibility index (Phi) is 4.55.